The third kappa shape index (κ3) is 4.88. The van der Waals surface area contributed by atoms with E-state index in [2.05, 4.69) is 29.4 Å². The Morgan fingerprint density at radius 1 is 1.12 bits per heavy atom. The lowest BCUT2D eigenvalue weighted by atomic mass is 10.1. The molecule has 0 aliphatic heterocycles. The predicted octanol–water partition coefficient (Wildman–Crippen LogP) is 4.22. The average Bonchev–Trinajstić information content (AvgIpc) is 3.23. The number of benzene rings is 2. The number of para-hydroxylation sites is 3. The molecule has 0 unspecified atom stereocenters. The second kappa shape index (κ2) is 10.1. The van der Waals surface area contributed by atoms with Crippen molar-refractivity contribution in [3.8, 4) is 5.75 Å². The maximum absolute atomic E-state index is 13.1. The summed E-state index contributed by atoms with van der Waals surface area (Å²) in [6.45, 7) is 7.21. The zero-order valence-electron chi connectivity index (χ0n) is 18.9. The number of amides is 1. The minimum atomic E-state index is -0.179. The van der Waals surface area contributed by atoms with E-state index in [1.807, 2.05) is 53.8 Å². The minimum absolute atomic E-state index is 0.0759. The van der Waals surface area contributed by atoms with E-state index in [-0.39, 0.29) is 17.2 Å². The van der Waals surface area contributed by atoms with Crippen LogP contribution in [0.25, 0.3) is 16.7 Å². The number of carbonyl (C=O) groups excluding carboxylic acids is 1. The van der Waals surface area contributed by atoms with Gasteiger partial charge in [-0.05, 0) is 43.5 Å². The number of fused-ring (bicyclic) bond motifs is 3. The van der Waals surface area contributed by atoms with Crippen molar-refractivity contribution < 1.29 is 9.53 Å². The highest BCUT2D eigenvalue weighted by molar-refractivity contribution is 7.99. The van der Waals surface area contributed by atoms with Gasteiger partial charge >= 0.3 is 0 Å². The van der Waals surface area contributed by atoms with Crippen LogP contribution in [0.1, 0.15) is 27.2 Å². The summed E-state index contributed by atoms with van der Waals surface area (Å²) >= 11 is 1.28. The molecule has 8 nitrogen and oxygen atoms in total. The SMILES string of the molecule is CCOc1ccccc1NC(=O)CSc1nnc2n(CCC(C)C)c(=O)c3ccccc3n12. The number of anilines is 1. The standard InChI is InChI=1S/C24H27N5O3S/c1-4-32-20-12-8-6-10-18(20)25-21(30)15-33-24-27-26-23-28(14-13-16(2)3)22(31)17-9-5-7-11-19(17)29(23)24/h5-12,16H,4,13-15H2,1-3H3,(H,25,30). The van der Waals surface area contributed by atoms with Crippen LogP contribution >= 0.6 is 11.8 Å². The molecule has 4 aromatic rings. The van der Waals surface area contributed by atoms with Crippen molar-refractivity contribution in [3.63, 3.8) is 0 Å². The van der Waals surface area contributed by atoms with E-state index < -0.39 is 0 Å². The van der Waals surface area contributed by atoms with E-state index in [4.69, 9.17) is 4.74 Å². The normalized spacial score (nSPS) is 11.4. The fraction of sp³-hybridized carbons (Fsp3) is 0.333. The summed E-state index contributed by atoms with van der Waals surface area (Å²) in [7, 11) is 0. The number of aromatic nitrogens is 4. The van der Waals surface area contributed by atoms with Gasteiger partial charge in [0.2, 0.25) is 11.7 Å². The lowest BCUT2D eigenvalue weighted by Crippen LogP contribution is -2.24. The smallest absolute Gasteiger partial charge is 0.262 e. The molecule has 2 heterocycles. The lowest BCUT2D eigenvalue weighted by molar-refractivity contribution is -0.113. The zero-order chi connectivity index (χ0) is 23.4. The molecule has 33 heavy (non-hydrogen) atoms. The molecule has 0 atom stereocenters. The number of hydrogen-bond acceptors (Lipinski definition) is 6. The average molecular weight is 466 g/mol. The summed E-state index contributed by atoms with van der Waals surface area (Å²) in [4.78, 5) is 25.8. The second-order valence-corrected chi connectivity index (χ2v) is 8.98. The van der Waals surface area contributed by atoms with Crippen molar-refractivity contribution in [2.45, 2.75) is 38.9 Å². The number of thioether (sulfide) groups is 1. The van der Waals surface area contributed by atoms with Gasteiger partial charge in [-0.2, -0.15) is 0 Å². The van der Waals surface area contributed by atoms with E-state index in [0.717, 1.165) is 11.9 Å². The van der Waals surface area contributed by atoms with Gasteiger partial charge in [-0.3, -0.25) is 18.6 Å². The molecule has 1 N–H and O–H groups in total. The number of aryl methyl sites for hydroxylation is 1. The number of nitrogens with one attached hydrogen (secondary N) is 1. The molecule has 9 heteroatoms. The van der Waals surface area contributed by atoms with Gasteiger partial charge in [-0.25, -0.2) is 0 Å². The topological polar surface area (TPSA) is 90.5 Å². The van der Waals surface area contributed by atoms with Crippen molar-refractivity contribution in [1.29, 1.82) is 0 Å². The fourth-order valence-corrected chi connectivity index (χ4v) is 4.32. The minimum Gasteiger partial charge on any atom is -0.492 e. The first kappa shape index (κ1) is 22.8. The second-order valence-electron chi connectivity index (χ2n) is 8.04. The first-order chi connectivity index (χ1) is 16.0. The summed E-state index contributed by atoms with van der Waals surface area (Å²) in [6, 6.07) is 14.8. The summed E-state index contributed by atoms with van der Waals surface area (Å²) < 4.78 is 9.12. The molecule has 2 aromatic carbocycles. The molecule has 1 amide bonds. The van der Waals surface area contributed by atoms with Crippen LogP contribution in [-0.4, -0.2) is 37.4 Å². The largest absolute Gasteiger partial charge is 0.492 e. The van der Waals surface area contributed by atoms with Gasteiger partial charge in [0, 0.05) is 6.54 Å². The molecular formula is C24H27N5O3S. The van der Waals surface area contributed by atoms with Crippen molar-refractivity contribution in [2.24, 2.45) is 5.92 Å². The molecular weight excluding hydrogens is 438 g/mol. The lowest BCUT2D eigenvalue weighted by Gasteiger charge is -2.12. The van der Waals surface area contributed by atoms with E-state index in [0.29, 0.717) is 46.8 Å². The predicted molar refractivity (Wildman–Crippen MR) is 131 cm³/mol. The molecule has 4 rings (SSSR count). The third-order valence-corrected chi connectivity index (χ3v) is 6.13. The molecule has 0 saturated heterocycles. The van der Waals surface area contributed by atoms with Gasteiger partial charge in [-0.1, -0.05) is 49.9 Å². The zero-order valence-corrected chi connectivity index (χ0v) is 19.8. The molecule has 0 spiro atoms. The Balaban J connectivity index is 1.63. The molecule has 0 aliphatic rings. The van der Waals surface area contributed by atoms with Crippen molar-refractivity contribution in [1.82, 2.24) is 19.2 Å². The Bertz CT molecular complexity index is 1350. The molecule has 2 aromatic heterocycles. The molecule has 0 aliphatic carbocycles. The van der Waals surface area contributed by atoms with Crippen molar-refractivity contribution in [2.75, 3.05) is 17.7 Å². The van der Waals surface area contributed by atoms with Gasteiger partial charge in [0.1, 0.15) is 5.75 Å². The Labute approximate surface area is 196 Å². The first-order valence-electron chi connectivity index (χ1n) is 11.0. The van der Waals surface area contributed by atoms with Crippen molar-refractivity contribution >= 4 is 40.0 Å². The van der Waals surface area contributed by atoms with E-state index in [1.165, 1.54) is 11.8 Å². The Hall–Kier alpha value is -3.33. The monoisotopic (exact) mass is 465 g/mol. The van der Waals surface area contributed by atoms with Crippen LogP contribution < -0.4 is 15.6 Å². The summed E-state index contributed by atoms with van der Waals surface area (Å²) in [5, 5.41) is 12.7. The molecule has 172 valence electrons. The van der Waals surface area contributed by atoms with Crippen LogP contribution in [0, 0.1) is 5.92 Å². The summed E-state index contributed by atoms with van der Waals surface area (Å²) in [6.07, 6.45) is 0.852. The number of hydrogen-bond donors (Lipinski definition) is 1. The number of rotatable bonds is 9. The van der Waals surface area contributed by atoms with Crippen LogP contribution in [0.3, 0.4) is 0 Å². The maximum atomic E-state index is 13.1. The Morgan fingerprint density at radius 3 is 2.67 bits per heavy atom. The fourth-order valence-electron chi connectivity index (χ4n) is 3.58. The maximum Gasteiger partial charge on any atom is 0.262 e. The quantitative estimate of drug-likeness (QED) is 0.372. The van der Waals surface area contributed by atoms with Crippen LogP contribution in [0.2, 0.25) is 0 Å². The van der Waals surface area contributed by atoms with Crippen LogP contribution in [-0.2, 0) is 11.3 Å². The third-order valence-electron chi connectivity index (χ3n) is 5.20. The van der Waals surface area contributed by atoms with E-state index >= 15 is 0 Å². The highest BCUT2D eigenvalue weighted by Gasteiger charge is 2.18. The van der Waals surface area contributed by atoms with E-state index in [9.17, 15) is 9.59 Å². The van der Waals surface area contributed by atoms with Crippen LogP contribution in [0.15, 0.2) is 58.5 Å². The molecule has 0 fully saturated rings. The molecule has 0 bridgehead atoms. The van der Waals surface area contributed by atoms with E-state index in [1.54, 1.807) is 10.6 Å². The van der Waals surface area contributed by atoms with Gasteiger partial charge in [0.25, 0.3) is 5.56 Å². The molecule has 0 saturated carbocycles. The Kier molecular flexibility index (Phi) is 6.98. The van der Waals surface area contributed by atoms with Gasteiger partial charge < -0.3 is 10.1 Å². The Morgan fingerprint density at radius 2 is 1.88 bits per heavy atom. The summed E-state index contributed by atoms with van der Waals surface area (Å²) in [5.74, 6) is 1.53. The highest BCUT2D eigenvalue weighted by atomic mass is 32.2. The number of carbonyl (C=O) groups is 1. The van der Waals surface area contributed by atoms with Gasteiger partial charge in [0.15, 0.2) is 5.16 Å². The highest BCUT2D eigenvalue weighted by Crippen LogP contribution is 2.25. The van der Waals surface area contributed by atoms with Crippen LogP contribution in [0.5, 0.6) is 5.75 Å². The van der Waals surface area contributed by atoms with Crippen LogP contribution in [0.4, 0.5) is 5.69 Å². The molecule has 0 radical (unpaired) electrons. The van der Waals surface area contributed by atoms with Gasteiger partial charge in [-0.15, -0.1) is 10.2 Å². The van der Waals surface area contributed by atoms with Gasteiger partial charge in [0.05, 0.1) is 29.0 Å². The van der Waals surface area contributed by atoms with Crippen molar-refractivity contribution in [3.05, 3.63) is 58.9 Å². The first-order valence-corrected chi connectivity index (χ1v) is 12.0. The summed E-state index contributed by atoms with van der Waals surface area (Å²) in [5.41, 5.74) is 1.28. The number of ether oxygens (including phenoxy) is 1. The number of nitrogens with zero attached hydrogens (tertiary/aromatic N) is 4.